The number of hydrogen-bond donors (Lipinski definition) is 1. The first kappa shape index (κ1) is 16.1. The molecular formula is C14H22N2O4S. The van der Waals surface area contributed by atoms with Crippen LogP contribution in [0.15, 0.2) is 23.1 Å². The van der Waals surface area contributed by atoms with Crippen LogP contribution in [0.25, 0.3) is 0 Å². The molecule has 0 bridgehead atoms. The van der Waals surface area contributed by atoms with Gasteiger partial charge in [0, 0.05) is 25.2 Å². The summed E-state index contributed by atoms with van der Waals surface area (Å²) in [5.41, 5.74) is 5.99. The lowest BCUT2D eigenvalue weighted by Gasteiger charge is -2.34. The largest absolute Gasteiger partial charge is 0.493 e. The van der Waals surface area contributed by atoms with Gasteiger partial charge >= 0.3 is 0 Å². The average Bonchev–Trinajstić information content (AvgIpc) is 2.49. The minimum Gasteiger partial charge on any atom is -0.493 e. The lowest BCUT2D eigenvalue weighted by atomic mass is 9.96. The third-order valence-electron chi connectivity index (χ3n) is 3.97. The standard InChI is InChI=1S/C14H22N2O4S/c1-10-6-7-16(9-12(10)15)21(17,18)11-4-5-13(19-2)14(8-11)20-3/h4-5,8,10,12H,6-7,9,15H2,1-3H3. The van der Waals surface area contributed by atoms with Gasteiger partial charge < -0.3 is 15.2 Å². The van der Waals surface area contributed by atoms with Gasteiger partial charge in [-0.1, -0.05) is 6.92 Å². The van der Waals surface area contributed by atoms with Crippen LogP contribution in [0.1, 0.15) is 13.3 Å². The first-order valence-corrected chi connectivity index (χ1v) is 8.32. The molecule has 1 fully saturated rings. The van der Waals surface area contributed by atoms with Gasteiger partial charge in [-0.05, 0) is 24.5 Å². The quantitative estimate of drug-likeness (QED) is 0.898. The molecule has 118 valence electrons. The monoisotopic (exact) mass is 314 g/mol. The highest BCUT2D eigenvalue weighted by Gasteiger charge is 2.32. The van der Waals surface area contributed by atoms with Crippen molar-refractivity contribution in [2.45, 2.75) is 24.3 Å². The summed E-state index contributed by atoms with van der Waals surface area (Å²) in [4.78, 5) is 0.196. The van der Waals surface area contributed by atoms with Crippen LogP contribution in [0, 0.1) is 5.92 Å². The summed E-state index contributed by atoms with van der Waals surface area (Å²) >= 11 is 0. The minimum absolute atomic E-state index is 0.131. The number of piperidine rings is 1. The van der Waals surface area contributed by atoms with Crippen molar-refractivity contribution in [3.05, 3.63) is 18.2 Å². The van der Waals surface area contributed by atoms with Crippen LogP contribution in [0.2, 0.25) is 0 Å². The Kier molecular flexibility index (Phi) is 4.75. The van der Waals surface area contributed by atoms with E-state index in [4.69, 9.17) is 15.2 Å². The Morgan fingerprint density at radius 2 is 1.90 bits per heavy atom. The van der Waals surface area contributed by atoms with Crippen molar-refractivity contribution in [3.8, 4) is 11.5 Å². The lowest BCUT2D eigenvalue weighted by Crippen LogP contribution is -2.49. The van der Waals surface area contributed by atoms with Crippen LogP contribution < -0.4 is 15.2 Å². The van der Waals surface area contributed by atoms with E-state index in [-0.39, 0.29) is 10.9 Å². The Labute approximate surface area is 125 Å². The van der Waals surface area contributed by atoms with Crippen molar-refractivity contribution in [2.75, 3.05) is 27.3 Å². The van der Waals surface area contributed by atoms with E-state index in [9.17, 15) is 8.42 Å². The minimum atomic E-state index is -3.56. The van der Waals surface area contributed by atoms with Gasteiger partial charge in [-0.15, -0.1) is 0 Å². The Morgan fingerprint density at radius 3 is 2.48 bits per heavy atom. The summed E-state index contributed by atoms with van der Waals surface area (Å²) in [7, 11) is -0.568. The number of sulfonamides is 1. The SMILES string of the molecule is COc1ccc(S(=O)(=O)N2CCC(C)C(N)C2)cc1OC. The molecule has 1 heterocycles. The molecule has 0 aromatic heterocycles. The highest BCUT2D eigenvalue weighted by atomic mass is 32.2. The number of benzene rings is 1. The third kappa shape index (κ3) is 3.14. The van der Waals surface area contributed by atoms with E-state index in [1.165, 1.54) is 30.7 Å². The van der Waals surface area contributed by atoms with Gasteiger partial charge in [0.15, 0.2) is 11.5 Å². The zero-order chi connectivity index (χ0) is 15.6. The van der Waals surface area contributed by atoms with Crippen molar-refractivity contribution in [1.29, 1.82) is 0 Å². The molecule has 21 heavy (non-hydrogen) atoms. The molecule has 1 aromatic carbocycles. The van der Waals surface area contributed by atoms with Crippen LogP contribution in [-0.2, 0) is 10.0 Å². The first-order valence-electron chi connectivity index (χ1n) is 6.88. The van der Waals surface area contributed by atoms with Crippen molar-refractivity contribution >= 4 is 10.0 Å². The van der Waals surface area contributed by atoms with Crippen molar-refractivity contribution in [2.24, 2.45) is 11.7 Å². The third-order valence-corrected chi connectivity index (χ3v) is 5.83. The molecule has 2 unspecified atom stereocenters. The second kappa shape index (κ2) is 6.21. The molecule has 2 atom stereocenters. The molecule has 2 N–H and O–H groups in total. The molecule has 0 spiro atoms. The van der Waals surface area contributed by atoms with E-state index >= 15 is 0 Å². The number of nitrogens with zero attached hydrogens (tertiary/aromatic N) is 1. The molecule has 0 aliphatic carbocycles. The zero-order valence-corrected chi connectivity index (χ0v) is 13.4. The van der Waals surface area contributed by atoms with E-state index in [0.717, 1.165) is 6.42 Å². The number of rotatable bonds is 4. The fourth-order valence-corrected chi connectivity index (χ4v) is 3.92. The van der Waals surface area contributed by atoms with Crippen LogP contribution >= 0.6 is 0 Å². The van der Waals surface area contributed by atoms with Gasteiger partial charge in [0.25, 0.3) is 0 Å². The molecule has 1 aliphatic rings. The zero-order valence-electron chi connectivity index (χ0n) is 12.6. The maximum absolute atomic E-state index is 12.7. The second-order valence-corrected chi connectivity index (χ2v) is 7.25. The lowest BCUT2D eigenvalue weighted by molar-refractivity contribution is 0.253. The van der Waals surface area contributed by atoms with E-state index in [0.29, 0.717) is 30.5 Å². The van der Waals surface area contributed by atoms with Crippen LogP contribution in [0.5, 0.6) is 11.5 Å². The second-order valence-electron chi connectivity index (χ2n) is 5.31. The molecule has 6 nitrogen and oxygen atoms in total. The molecule has 1 aliphatic heterocycles. The Balaban J connectivity index is 2.31. The predicted octanol–water partition coefficient (Wildman–Crippen LogP) is 1.06. The summed E-state index contributed by atoms with van der Waals surface area (Å²) in [6, 6.07) is 4.48. The van der Waals surface area contributed by atoms with Crippen LogP contribution in [-0.4, -0.2) is 46.1 Å². The van der Waals surface area contributed by atoms with Gasteiger partial charge in [-0.2, -0.15) is 4.31 Å². The summed E-state index contributed by atoms with van der Waals surface area (Å²) in [6.45, 7) is 2.88. The molecule has 0 amide bonds. The fourth-order valence-electron chi connectivity index (χ4n) is 2.41. The van der Waals surface area contributed by atoms with Crippen molar-refractivity contribution < 1.29 is 17.9 Å². The number of nitrogens with two attached hydrogens (primary N) is 1. The fraction of sp³-hybridized carbons (Fsp3) is 0.571. The Hall–Kier alpha value is -1.31. The molecule has 1 saturated heterocycles. The van der Waals surface area contributed by atoms with Crippen LogP contribution in [0.3, 0.4) is 0 Å². The Morgan fingerprint density at radius 1 is 1.24 bits per heavy atom. The molecule has 7 heteroatoms. The first-order chi connectivity index (χ1) is 9.90. The summed E-state index contributed by atoms with van der Waals surface area (Å²) in [6.07, 6.45) is 0.772. The number of hydrogen-bond acceptors (Lipinski definition) is 5. The van der Waals surface area contributed by atoms with Crippen LogP contribution in [0.4, 0.5) is 0 Å². The van der Waals surface area contributed by atoms with E-state index in [1.807, 2.05) is 6.92 Å². The molecular weight excluding hydrogens is 292 g/mol. The van der Waals surface area contributed by atoms with E-state index in [2.05, 4.69) is 0 Å². The molecule has 0 saturated carbocycles. The highest BCUT2D eigenvalue weighted by molar-refractivity contribution is 7.89. The Bertz CT molecular complexity index is 603. The van der Waals surface area contributed by atoms with Gasteiger partial charge in [0.05, 0.1) is 19.1 Å². The van der Waals surface area contributed by atoms with E-state index in [1.54, 1.807) is 6.07 Å². The summed E-state index contributed by atoms with van der Waals surface area (Å²) < 4.78 is 37.1. The maximum Gasteiger partial charge on any atom is 0.243 e. The molecule has 0 radical (unpaired) electrons. The van der Waals surface area contributed by atoms with Gasteiger partial charge in [0.1, 0.15) is 0 Å². The smallest absolute Gasteiger partial charge is 0.243 e. The average molecular weight is 314 g/mol. The van der Waals surface area contributed by atoms with Gasteiger partial charge in [0.2, 0.25) is 10.0 Å². The predicted molar refractivity (Wildman–Crippen MR) is 80.1 cm³/mol. The normalized spacial score (nSPS) is 23.8. The summed E-state index contributed by atoms with van der Waals surface area (Å²) in [5, 5.41) is 0. The number of ether oxygens (including phenoxy) is 2. The maximum atomic E-state index is 12.7. The van der Waals surface area contributed by atoms with E-state index < -0.39 is 10.0 Å². The van der Waals surface area contributed by atoms with Crippen molar-refractivity contribution in [1.82, 2.24) is 4.31 Å². The number of methoxy groups -OCH3 is 2. The summed E-state index contributed by atoms with van der Waals surface area (Å²) in [5.74, 6) is 1.23. The van der Waals surface area contributed by atoms with Gasteiger partial charge in [-0.25, -0.2) is 8.42 Å². The van der Waals surface area contributed by atoms with Gasteiger partial charge in [-0.3, -0.25) is 0 Å². The highest BCUT2D eigenvalue weighted by Crippen LogP contribution is 2.31. The van der Waals surface area contributed by atoms with Crippen molar-refractivity contribution in [3.63, 3.8) is 0 Å². The topological polar surface area (TPSA) is 81.9 Å². The molecule has 1 aromatic rings. The molecule has 2 rings (SSSR count).